The molecule has 3 aromatic rings. The molecule has 0 saturated carbocycles. The van der Waals surface area contributed by atoms with Gasteiger partial charge in [0.25, 0.3) is 5.91 Å². The van der Waals surface area contributed by atoms with Crippen molar-refractivity contribution >= 4 is 17.6 Å². The quantitative estimate of drug-likeness (QED) is 0.384. The number of carbonyl (C=O) groups is 2. The molecule has 35 heavy (non-hydrogen) atoms. The Bertz CT molecular complexity index is 1160. The van der Waals surface area contributed by atoms with Gasteiger partial charge in [-0.2, -0.15) is 5.10 Å². The Morgan fingerprint density at radius 1 is 0.971 bits per heavy atom. The molecule has 0 aliphatic carbocycles. The molecule has 0 atom stereocenters. The molecule has 2 amide bonds. The van der Waals surface area contributed by atoms with E-state index in [2.05, 4.69) is 33.0 Å². The van der Waals surface area contributed by atoms with Gasteiger partial charge in [0.15, 0.2) is 0 Å². The van der Waals surface area contributed by atoms with Crippen molar-refractivity contribution in [1.29, 1.82) is 0 Å². The molecule has 186 valence electrons. The van der Waals surface area contributed by atoms with Gasteiger partial charge in [0, 0.05) is 23.6 Å². The largest absolute Gasteiger partial charge is 0.329 e. The van der Waals surface area contributed by atoms with E-state index in [-0.39, 0.29) is 23.8 Å². The Morgan fingerprint density at radius 2 is 1.69 bits per heavy atom. The fourth-order valence-electron chi connectivity index (χ4n) is 3.83. The molecule has 1 aromatic heterocycles. The van der Waals surface area contributed by atoms with Gasteiger partial charge in [-0.05, 0) is 50.1 Å². The van der Waals surface area contributed by atoms with Crippen LogP contribution in [0.4, 0.5) is 5.82 Å². The predicted molar refractivity (Wildman–Crippen MR) is 142 cm³/mol. The van der Waals surface area contributed by atoms with Crippen LogP contribution >= 0.6 is 0 Å². The number of carbonyl (C=O) groups excluding carboxylic acids is 2. The third kappa shape index (κ3) is 7.04. The summed E-state index contributed by atoms with van der Waals surface area (Å²) in [5.74, 6) is 0.233. The summed E-state index contributed by atoms with van der Waals surface area (Å²) in [6, 6.07) is 17.4. The standard InChI is InChI=1S/C29H38N4O2/c1-7-8-9-17-32(28(35)23-15-13-21(2)14-16-23)20-27(34)30-26-19-25(29(4,5)6)31-33(26)24-12-10-11-22(3)18-24/h10-16,18-19H,7-9,17,20H2,1-6H3,(H,30,34). The van der Waals surface area contributed by atoms with Gasteiger partial charge in [-0.25, -0.2) is 4.68 Å². The molecule has 1 heterocycles. The van der Waals surface area contributed by atoms with Gasteiger partial charge in [-0.15, -0.1) is 0 Å². The van der Waals surface area contributed by atoms with E-state index in [4.69, 9.17) is 5.10 Å². The minimum atomic E-state index is -0.240. The third-order valence-corrected chi connectivity index (χ3v) is 5.94. The molecular weight excluding hydrogens is 436 g/mol. The molecular formula is C29H38N4O2. The highest BCUT2D eigenvalue weighted by molar-refractivity contribution is 5.99. The van der Waals surface area contributed by atoms with E-state index in [0.717, 1.165) is 41.8 Å². The maximum absolute atomic E-state index is 13.2. The molecule has 0 unspecified atom stereocenters. The van der Waals surface area contributed by atoms with Crippen LogP contribution in [0.25, 0.3) is 5.69 Å². The second-order valence-corrected chi connectivity index (χ2v) is 10.3. The normalized spacial score (nSPS) is 11.4. The van der Waals surface area contributed by atoms with E-state index in [1.165, 1.54) is 0 Å². The van der Waals surface area contributed by atoms with Crippen molar-refractivity contribution in [3.05, 3.63) is 77.0 Å². The lowest BCUT2D eigenvalue weighted by atomic mass is 9.92. The first-order chi connectivity index (χ1) is 16.6. The lowest BCUT2D eigenvalue weighted by molar-refractivity contribution is -0.117. The number of amides is 2. The molecule has 0 spiro atoms. The first-order valence-electron chi connectivity index (χ1n) is 12.4. The zero-order valence-corrected chi connectivity index (χ0v) is 21.9. The van der Waals surface area contributed by atoms with Crippen molar-refractivity contribution in [3.63, 3.8) is 0 Å². The van der Waals surface area contributed by atoms with Gasteiger partial charge in [-0.1, -0.05) is 70.4 Å². The molecule has 1 N–H and O–H groups in total. The van der Waals surface area contributed by atoms with E-state index in [1.54, 1.807) is 9.58 Å². The number of hydrogen-bond donors (Lipinski definition) is 1. The van der Waals surface area contributed by atoms with E-state index in [0.29, 0.717) is 17.9 Å². The van der Waals surface area contributed by atoms with Gasteiger partial charge in [0.2, 0.25) is 5.91 Å². The highest BCUT2D eigenvalue weighted by Gasteiger charge is 2.23. The van der Waals surface area contributed by atoms with Crippen molar-refractivity contribution in [2.75, 3.05) is 18.4 Å². The van der Waals surface area contributed by atoms with Crippen LogP contribution in [0.5, 0.6) is 0 Å². The SMILES string of the molecule is CCCCCN(CC(=O)Nc1cc(C(C)(C)C)nn1-c1cccc(C)c1)C(=O)c1ccc(C)cc1. The topological polar surface area (TPSA) is 67.2 Å². The number of anilines is 1. The summed E-state index contributed by atoms with van der Waals surface area (Å²) in [5.41, 5.74) is 4.38. The number of unbranched alkanes of at least 4 members (excludes halogenated alkanes) is 2. The van der Waals surface area contributed by atoms with Crippen LogP contribution in [-0.2, 0) is 10.2 Å². The van der Waals surface area contributed by atoms with Crippen molar-refractivity contribution in [3.8, 4) is 5.69 Å². The lowest BCUT2D eigenvalue weighted by Gasteiger charge is -2.22. The average Bonchev–Trinajstić information content (AvgIpc) is 3.23. The number of hydrogen-bond acceptors (Lipinski definition) is 3. The Balaban J connectivity index is 1.85. The number of nitrogens with one attached hydrogen (secondary N) is 1. The van der Waals surface area contributed by atoms with E-state index in [1.807, 2.05) is 68.4 Å². The highest BCUT2D eigenvalue weighted by Crippen LogP contribution is 2.26. The van der Waals surface area contributed by atoms with Gasteiger partial charge in [-0.3, -0.25) is 9.59 Å². The number of rotatable bonds is 9. The number of aryl methyl sites for hydroxylation is 2. The Hall–Kier alpha value is -3.41. The first-order valence-corrected chi connectivity index (χ1v) is 12.4. The Labute approximate surface area is 209 Å². The molecule has 0 radical (unpaired) electrons. The van der Waals surface area contributed by atoms with E-state index < -0.39 is 0 Å². The zero-order chi connectivity index (χ0) is 25.6. The van der Waals surface area contributed by atoms with Gasteiger partial charge >= 0.3 is 0 Å². The molecule has 3 rings (SSSR count). The van der Waals surface area contributed by atoms with Crippen LogP contribution in [0, 0.1) is 13.8 Å². The van der Waals surface area contributed by atoms with Crippen molar-refractivity contribution in [2.45, 2.75) is 66.2 Å². The molecule has 0 aliphatic heterocycles. The summed E-state index contributed by atoms with van der Waals surface area (Å²) in [4.78, 5) is 28.1. The fraction of sp³-hybridized carbons (Fsp3) is 0.414. The number of benzene rings is 2. The molecule has 2 aromatic carbocycles. The van der Waals surface area contributed by atoms with Gasteiger partial charge in [0.05, 0.1) is 11.4 Å². The number of nitrogens with zero attached hydrogens (tertiary/aromatic N) is 3. The first kappa shape index (κ1) is 26.2. The summed E-state index contributed by atoms with van der Waals surface area (Å²) in [7, 11) is 0. The summed E-state index contributed by atoms with van der Waals surface area (Å²) in [6.07, 6.45) is 2.91. The van der Waals surface area contributed by atoms with Crippen LogP contribution in [0.3, 0.4) is 0 Å². The molecule has 0 saturated heterocycles. The van der Waals surface area contributed by atoms with Gasteiger partial charge in [0.1, 0.15) is 12.4 Å². The van der Waals surface area contributed by atoms with Crippen LogP contribution in [0.1, 0.15) is 74.1 Å². The monoisotopic (exact) mass is 474 g/mol. The van der Waals surface area contributed by atoms with E-state index >= 15 is 0 Å². The highest BCUT2D eigenvalue weighted by atomic mass is 16.2. The van der Waals surface area contributed by atoms with Crippen LogP contribution < -0.4 is 5.32 Å². The summed E-state index contributed by atoms with van der Waals surface area (Å²) in [6.45, 7) is 13.0. The number of aromatic nitrogens is 2. The second-order valence-electron chi connectivity index (χ2n) is 10.3. The minimum Gasteiger partial charge on any atom is -0.329 e. The molecule has 6 nitrogen and oxygen atoms in total. The third-order valence-electron chi connectivity index (χ3n) is 5.94. The average molecular weight is 475 g/mol. The molecule has 0 fully saturated rings. The summed E-state index contributed by atoms with van der Waals surface area (Å²) >= 11 is 0. The van der Waals surface area contributed by atoms with Crippen molar-refractivity contribution < 1.29 is 9.59 Å². The van der Waals surface area contributed by atoms with E-state index in [9.17, 15) is 9.59 Å². The second kappa shape index (κ2) is 11.3. The Morgan fingerprint density at radius 3 is 2.31 bits per heavy atom. The predicted octanol–water partition coefficient (Wildman–Crippen LogP) is 6.06. The zero-order valence-electron chi connectivity index (χ0n) is 21.9. The summed E-state index contributed by atoms with van der Waals surface area (Å²) in [5, 5.41) is 7.82. The van der Waals surface area contributed by atoms with Crippen molar-refractivity contribution in [1.82, 2.24) is 14.7 Å². The maximum Gasteiger partial charge on any atom is 0.254 e. The smallest absolute Gasteiger partial charge is 0.254 e. The lowest BCUT2D eigenvalue weighted by Crippen LogP contribution is -2.39. The van der Waals surface area contributed by atoms with Crippen LogP contribution in [0.15, 0.2) is 54.6 Å². The molecule has 6 heteroatoms. The summed E-state index contributed by atoms with van der Waals surface area (Å²) < 4.78 is 1.77. The minimum absolute atomic E-state index is 0.0136. The Kier molecular flexibility index (Phi) is 8.49. The van der Waals surface area contributed by atoms with Crippen LogP contribution in [0.2, 0.25) is 0 Å². The van der Waals surface area contributed by atoms with Crippen LogP contribution in [-0.4, -0.2) is 39.6 Å². The fourth-order valence-corrected chi connectivity index (χ4v) is 3.83. The van der Waals surface area contributed by atoms with Crippen molar-refractivity contribution in [2.24, 2.45) is 0 Å². The van der Waals surface area contributed by atoms with Gasteiger partial charge < -0.3 is 10.2 Å². The molecule has 0 aliphatic rings. The molecule has 0 bridgehead atoms. The maximum atomic E-state index is 13.2.